The summed E-state index contributed by atoms with van der Waals surface area (Å²) in [6.07, 6.45) is 1.26. The van der Waals surface area contributed by atoms with E-state index >= 15 is 0 Å². The van der Waals surface area contributed by atoms with Crippen LogP contribution in [-0.4, -0.2) is 38.5 Å². The second-order valence-electron chi connectivity index (χ2n) is 6.18. The second-order valence-corrected chi connectivity index (χ2v) is 6.18. The summed E-state index contributed by atoms with van der Waals surface area (Å²) in [5, 5.41) is 5.44. The monoisotopic (exact) mass is 370 g/mol. The number of urea groups is 1. The van der Waals surface area contributed by atoms with E-state index in [9.17, 15) is 9.59 Å². The lowest BCUT2D eigenvalue weighted by Crippen LogP contribution is -2.45. The van der Waals surface area contributed by atoms with Crippen molar-refractivity contribution < 1.29 is 23.8 Å². The highest BCUT2D eigenvalue weighted by Crippen LogP contribution is 2.32. The fourth-order valence-corrected chi connectivity index (χ4v) is 2.89. The predicted molar refractivity (Wildman–Crippen MR) is 98.8 cm³/mol. The maximum Gasteiger partial charge on any atom is 0.325 e. The van der Waals surface area contributed by atoms with Crippen LogP contribution in [0, 0.1) is 0 Å². The molecular weight excluding hydrogens is 348 g/mol. The third-order valence-corrected chi connectivity index (χ3v) is 4.20. The molecule has 0 radical (unpaired) electrons. The molecule has 1 atom stereocenters. The average molecular weight is 370 g/mol. The van der Waals surface area contributed by atoms with E-state index in [4.69, 9.17) is 9.47 Å². The summed E-state index contributed by atoms with van der Waals surface area (Å²) in [7, 11) is 1.28. The van der Waals surface area contributed by atoms with Crippen molar-refractivity contribution in [3.63, 3.8) is 0 Å². The van der Waals surface area contributed by atoms with Gasteiger partial charge in [-0.1, -0.05) is 36.4 Å². The van der Waals surface area contributed by atoms with E-state index in [0.29, 0.717) is 18.6 Å². The van der Waals surface area contributed by atoms with E-state index in [0.717, 1.165) is 16.9 Å². The van der Waals surface area contributed by atoms with Crippen LogP contribution in [-0.2, 0) is 22.4 Å². The van der Waals surface area contributed by atoms with Gasteiger partial charge >= 0.3 is 12.0 Å². The van der Waals surface area contributed by atoms with Crippen LogP contribution in [0.15, 0.2) is 48.5 Å². The SMILES string of the molecule is COC(=O)CNC(=O)N[C@H](Cc1ccccc1)Cc1ccc2c(c1)OCO2. The standard InChI is InChI=1S/C20H22N2O5/c1-25-19(23)12-21-20(24)22-16(9-14-5-3-2-4-6-14)10-15-7-8-17-18(11-15)27-13-26-17/h2-8,11,16H,9-10,12-13H2,1H3,(H2,21,22,24)/t16-/m1/s1. The first-order valence-electron chi connectivity index (χ1n) is 8.67. The minimum absolute atomic E-state index is 0.162. The zero-order valence-electron chi connectivity index (χ0n) is 15.1. The first-order chi connectivity index (χ1) is 13.1. The predicted octanol–water partition coefficient (Wildman–Crippen LogP) is 2.04. The number of methoxy groups -OCH3 is 1. The van der Waals surface area contributed by atoms with Crippen molar-refractivity contribution in [2.24, 2.45) is 0 Å². The molecule has 0 spiro atoms. The van der Waals surface area contributed by atoms with Gasteiger partial charge in [0.15, 0.2) is 11.5 Å². The lowest BCUT2D eigenvalue weighted by molar-refractivity contribution is -0.139. The van der Waals surface area contributed by atoms with Gasteiger partial charge in [0.25, 0.3) is 0 Å². The molecule has 2 aromatic rings. The maximum absolute atomic E-state index is 12.2. The summed E-state index contributed by atoms with van der Waals surface area (Å²) in [4.78, 5) is 23.4. The Kier molecular flexibility index (Phi) is 6.14. The number of benzene rings is 2. The first kappa shape index (κ1) is 18.6. The minimum atomic E-state index is -0.500. The van der Waals surface area contributed by atoms with Gasteiger partial charge in [-0.3, -0.25) is 4.79 Å². The van der Waals surface area contributed by atoms with E-state index in [1.165, 1.54) is 7.11 Å². The number of amides is 2. The number of hydrogen-bond acceptors (Lipinski definition) is 5. The van der Waals surface area contributed by atoms with Crippen LogP contribution in [0.4, 0.5) is 4.79 Å². The Morgan fingerprint density at radius 2 is 1.78 bits per heavy atom. The number of hydrogen-bond donors (Lipinski definition) is 2. The van der Waals surface area contributed by atoms with E-state index in [1.54, 1.807) is 0 Å². The molecule has 2 aromatic carbocycles. The van der Waals surface area contributed by atoms with Gasteiger partial charge in [-0.2, -0.15) is 0 Å². The molecule has 2 N–H and O–H groups in total. The lowest BCUT2D eigenvalue weighted by Gasteiger charge is -2.19. The molecule has 7 nitrogen and oxygen atoms in total. The molecule has 0 aliphatic carbocycles. The largest absolute Gasteiger partial charge is 0.468 e. The lowest BCUT2D eigenvalue weighted by atomic mass is 9.99. The van der Waals surface area contributed by atoms with E-state index in [2.05, 4.69) is 15.4 Å². The van der Waals surface area contributed by atoms with E-state index < -0.39 is 12.0 Å². The van der Waals surface area contributed by atoms with Crippen molar-refractivity contribution in [1.29, 1.82) is 0 Å². The Labute approximate surface area is 157 Å². The molecule has 1 aliphatic heterocycles. The number of carbonyl (C=O) groups is 2. The Morgan fingerprint density at radius 3 is 2.56 bits per heavy atom. The highest BCUT2D eigenvalue weighted by molar-refractivity contribution is 5.80. The quantitative estimate of drug-likeness (QED) is 0.729. The van der Waals surface area contributed by atoms with Crippen LogP contribution in [0.2, 0.25) is 0 Å². The zero-order chi connectivity index (χ0) is 19.1. The van der Waals surface area contributed by atoms with Crippen LogP contribution in [0.3, 0.4) is 0 Å². The summed E-state index contributed by atoms with van der Waals surface area (Å²) in [5.41, 5.74) is 2.13. The van der Waals surface area contributed by atoms with Crippen molar-refractivity contribution in [2.75, 3.05) is 20.4 Å². The summed E-state index contributed by atoms with van der Waals surface area (Å²) in [5.74, 6) is 0.934. The molecule has 142 valence electrons. The maximum atomic E-state index is 12.2. The van der Waals surface area contributed by atoms with Gasteiger partial charge in [-0.05, 0) is 36.1 Å². The van der Waals surface area contributed by atoms with Crippen LogP contribution in [0.1, 0.15) is 11.1 Å². The Morgan fingerprint density at radius 1 is 1.04 bits per heavy atom. The molecule has 0 aromatic heterocycles. The Bertz CT molecular complexity index is 794. The van der Waals surface area contributed by atoms with Crippen molar-refractivity contribution >= 4 is 12.0 Å². The second kappa shape index (κ2) is 8.93. The van der Waals surface area contributed by atoms with Crippen LogP contribution in [0.25, 0.3) is 0 Å². The minimum Gasteiger partial charge on any atom is -0.468 e. The van der Waals surface area contributed by atoms with Crippen LogP contribution < -0.4 is 20.1 Å². The van der Waals surface area contributed by atoms with Crippen molar-refractivity contribution in [3.05, 3.63) is 59.7 Å². The van der Waals surface area contributed by atoms with E-state index in [1.807, 2.05) is 48.5 Å². The van der Waals surface area contributed by atoms with Gasteiger partial charge in [-0.25, -0.2) is 4.79 Å². The van der Waals surface area contributed by atoms with Crippen LogP contribution in [0.5, 0.6) is 11.5 Å². The molecule has 1 aliphatic rings. The summed E-state index contributed by atoms with van der Waals surface area (Å²) in [6.45, 7) is 0.0465. The molecule has 0 saturated heterocycles. The number of fused-ring (bicyclic) bond motifs is 1. The van der Waals surface area contributed by atoms with Crippen molar-refractivity contribution in [1.82, 2.24) is 10.6 Å². The average Bonchev–Trinajstić information content (AvgIpc) is 3.14. The normalized spacial score (nSPS) is 12.9. The smallest absolute Gasteiger partial charge is 0.325 e. The van der Waals surface area contributed by atoms with Gasteiger partial charge in [0.2, 0.25) is 6.79 Å². The first-order valence-corrected chi connectivity index (χ1v) is 8.67. The number of rotatable bonds is 7. The highest BCUT2D eigenvalue weighted by atomic mass is 16.7. The number of nitrogens with one attached hydrogen (secondary N) is 2. The molecule has 2 amide bonds. The van der Waals surface area contributed by atoms with Crippen molar-refractivity contribution in [2.45, 2.75) is 18.9 Å². The van der Waals surface area contributed by atoms with Crippen molar-refractivity contribution in [3.8, 4) is 11.5 Å². The summed E-state index contributed by atoms with van der Waals surface area (Å²) >= 11 is 0. The van der Waals surface area contributed by atoms with Gasteiger partial charge in [0.05, 0.1) is 7.11 Å². The number of ether oxygens (including phenoxy) is 3. The third kappa shape index (κ3) is 5.37. The number of carbonyl (C=O) groups excluding carboxylic acids is 2. The van der Waals surface area contributed by atoms with E-state index in [-0.39, 0.29) is 19.4 Å². The highest BCUT2D eigenvalue weighted by Gasteiger charge is 2.18. The Hall–Kier alpha value is -3.22. The van der Waals surface area contributed by atoms with Gasteiger partial charge in [0.1, 0.15) is 6.54 Å². The molecule has 0 fully saturated rings. The van der Waals surface area contributed by atoms with Gasteiger partial charge in [-0.15, -0.1) is 0 Å². The third-order valence-electron chi connectivity index (χ3n) is 4.20. The molecule has 1 heterocycles. The van der Waals surface area contributed by atoms with Gasteiger partial charge < -0.3 is 24.8 Å². The molecule has 0 saturated carbocycles. The summed E-state index contributed by atoms with van der Waals surface area (Å²) < 4.78 is 15.3. The van der Waals surface area contributed by atoms with Gasteiger partial charge in [0, 0.05) is 6.04 Å². The number of esters is 1. The zero-order valence-corrected chi connectivity index (χ0v) is 15.1. The molecule has 27 heavy (non-hydrogen) atoms. The summed E-state index contributed by atoms with van der Waals surface area (Å²) in [6, 6.07) is 15.1. The molecule has 0 bridgehead atoms. The molecule has 0 unspecified atom stereocenters. The topological polar surface area (TPSA) is 85.9 Å². The molecule has 3 rings (SSSR count). The fraction of sp³-hybridized carbons (Fsp3) is 0.300. The molecular formula is C20H22N2O5. The Balaban J connectivity index is 1.67. The molecule has 7 heteroatoms. The fourth-order valence-electron chi connectivity index (χ4n) is 2.89. The van der Waals surface area contributed by atoms with Crippen LogP contribution >= 0.6 is 0 Å².